The second kappa shape index (κ2) is 12.1. The van der Waals surface area contributed by atoms with E-state index in [-0.39, 0.29) is 34.9 Å². The average Bonchev–Trinajstić information content (AvgIpc) is 3.08. The van der Waals surface area contributed by atoms with E-state index in [0.29, 0.717) is 13.2 Å². The molecule has 0 radical (unpaired) electrons. The molecule has 2 aliphatic heterocycles. The van der Waals surface area contributed by atoms with Crippen molar-refractivity contribution >= 4 is 11.9 Å². The van der Waals surface area contributed by atoms with Gasteiger partial charge in [-0.2, -0.15) is 10.1 Å². The highest BCUT2D eigenvalue weighted by atomic mass is 16.7. The number of hydrogen-bond acceptors (Lipinski definition) is 8. The average molecular weight is 513 g/mol. The minimum Gasteiger partial charge on any atom is -0.465 e. The smallest absolute Gasteiger partial charge is 0.310 e. The molecule has 8 heteroatoms. The molecule has 0 aliphatic carbocycles. The van der Waals surface area contributed by atoms with Gasteiger partial charge in [0.2, 0.25) is 0 Å². The first-order valence-corrected chi connectivity index (χ1v) is 13.6. The van der Waals surface area contributed by atoms with E-state index < -0.39 is 11.1 Å². The van der Waals surface area contributed by atoms with Gasteiger partial charge in [0.1, 0.15) is 0 Å². The van der Waals surface area contributed by atoms with Crippen LogP contribution in [0.1, 0.15) is 107 Å². The van der Waals surface area contributed by atoms with Gasteiger partial charge < -0.3 is 19.1 Å². The summed E-state index contributed by atoms with van der Waals surface area (Å²) in [6, 6.07) is 0. The van der Waals surface area contributed by atoms with E-state index in [1.54, 1.807) is 14.2 Å². The number of esters is 2. The third kappa shape index (κ3) is 6.80. The summed E-state index contributed by atoms with van der Waals surface area (Å²) in [6.45, 7) is 17.5. The Labute approximate surface area is 219 Å². The number of hydroxylamine groups is 4. The third-order valence-electron chi connectivity index (χ3n) is 8.22. The lowest BCUT2D eigenvalue weighted by molar-refractivity contribution is -0.225. The van der Waals surface area contributed by atoms with E-state index in [1.165, 1.54) is 0 Å². The summed E-state index contributed by atoms with van der Waals surface area (Å²) in [5.41, 5.74) is -1.20. The highest BCUT2D eigenvalue weighted by molar-refractivity contribution is 5.75. The van der Waals surface area contributed by atoms with Crippen molar-refractivity contribution in [1.29, 1.82) is 0 Å². The van der Waals surface area contributed by atoms with Crippen LogP contribution in [0.2, 0.25) is 0 Å². The zero-order chi connectivity index (χ0) is 27.4. The van der Waals surface area contributed by atoms with E-state index in [0.717, 1.165) is 51.4 Å². The van der Waals surface area contributed by atoms with Crippen LogP contribution in [-0.4, -0.2) is 71.7 Å². The number of hydrogen-bond donors (Lipinski definition) is 0. The summed E-state index contributed by atoms with van der Waals surface area (Å²) in [7, 11) is 3.32. The molecule has 210 valence electrons. The van der Waals surface area contributed by atoms with Crippen LogP contribution in [0.3, 0.4) is 0 Å². The van der Waals surface area contributed by atoms with Crippen LogP contribution in [-0.2, 0) is 28.7 Å². The number of ether oxygens (including phenoxy) is 2. The van der Waals surface area contributed by atoms with Crippen molar-refractivity contribution in [3.05, 3.63) is 0 Å². The first kappa shape index (κ1) is 31.0. The molecule has 0 bridgehead atoms. The highest BCUT2D eigenvalue weighted by Gasteiger charge is 2.56. The van der Waals surface area contributed by atoms with Gasteiger partial charge in [0.25, 0.3) is 0 Å². The van der Waals surface area contributed by atoms with E-state index in [9.17, 15) is 9.59 Å². The first-order chi connectivity index (χ1) is 16.6. The van der Waals surface area contributed by atoms with Gasteiger partial charge in [-0.1, -0.05) is 25.7 Å². The molecule has 0 N–H and O–H groups in total. The van der Waals surface area contributed by atoms with Gasteiger partial charge in [0.05, 0.1) is 50.3 Å². The van der Waals surface area contributed by atoms with Crippen LogP contribution in [0, 0.1) is 11.8 Å². The molecule has 0 aromatic carbocycles. The van der Waals surface area contributed by atoms with Crippen LogP contribution >= 0.6 is 0 Å². The van der Waals surface area contributed by atoms with E-state index in [1.807, 2.05) is 37.8 Å². The van der Waals surface area contributed by atoms with Gasteiger partial charge in [0, 0.05) is 11.1 Å². The zero-order valence-electron chi connectivity index (χ0n) is 24.6. The van der Waals surface area contributed by atoms with Crippen molar-refractivity contribution in [1.82, 2.24) is 10.1 Å². The summed E-state index contributed by atoms with van der Waals surface area (Å²) < 4.78 is 11.2. The van der Waals surface area contributed by atoms with Crippen LogP contribution in [0.4, 0.5) is 0 Å². The molecule has 8 nitrogen and oxygen atoms in total. The van der Waals surface area contributed by atoms with Gasteiger partial charge in [-0.15, -0.1) is 0 Å². The molecular weight excluding hydrogens is 460 g/mol. The largest absolute Gasteiger partial charge is 0.465 e. The Balaban J connectivity index is 1.57. The lowest BCUT2D eigenvalue weighted by Crippen LogP contribution is -2.50. The van der Waals surface area contributed by atoms with E-state index in [2.05, 4.69) is 27.7 Å². The molecular formula is C28H52N2O6. The fourth-order valence-electron chi connectivity index (χ4n) is 6.67. The maximum Gasteiger partial charge on any atom is 0.310 e. The molecule has 36 heavy (non-hydrogen) atoms. The summed E-state index contributed by atoms with van der Waals surface area (Å²) in [5.74, 6) is -0.656. The lowest BCUT2D eigenvalue weighted by atomic mass is 9.87. The van der Waals surface area contributed by atoms with E-state index in [4.69, 9.17) is 19.1 Å². The molecule has 2 atom stereocenters. The van der Waals surface area contributed by atoms with Crippen LogP contribution in [0.15, 0.2) is 0 Å². The summed E-state index contributed by atoms with van der Waals surface area (Å²) in [5, 5.41) is 3.85. The maximum absolute atomic E-state index is 12.7. The highest BCUT2D eigenvalue weighted by Crippen LogP contribution is 2.46. The first-order valence-electron chi connectivity index (χ1n) is 13.6. The fraction of sp³-hybridized carbons (Fsp3) is 0.929. The Morgan fingerprint density at radius 3 is 1.19 bits per heavy atom. The van der Waals surface area contributed by atoms with Crippen molar-refractivity contribution in [2.24, 2.45) is 11.8 Å². The topological polar surface area (TPSA) is 77.5 Å². The number of unbranched alkanes of at least 4 members (excludes halogenated alkanes) is 5. The number of nitrogens with zero attached hydrogens (tertiary/aromatic N) is 2. The van der Waals surface area contributed by atoms with Crippen LogP contribution in [0.5, 0.6) is 0 Å². The minimum atomic E-state index is -0.397. The Morgan fingerprint density at radius 2 is 0.917 bits per heavy atom. The normalized spacial score (nSPS) is 26.7. The number of rotatable bonds is 13. The SMILES string of the molecule is CON1C(C)(C)CC(C(=O)OCCCCCCCCOC(=O)C2CC(C)(C)N(OC)C2(C)C)C1(C)C. The standard InChI is InChI=1S/C28H52N2O6/c1-25(2)19-21(27(5,6)29(25)33-9)23(31)35-17-15-13-11-12-14-16-18-36-24(32)22-20-26(3,4)30(34-10)28(22,7)8/h21-22H,11-20H2,1-10H3. The summed E-state index contributed by atoms with van der Waals surface area (Å²) in [4.78, 5) is 36.6. The number of carbonyl (C=O) groups excluding carboxylic acids is 2. The second-order valence-electron chi connectivity index (χ2n) is 12.9. The molecule has 0 amide bonds. The van der Waals surface area contributed by atoms with Crippen LogP contribution in [0.25, 0.3) is 0 Å². The van der Waals surface area contributed by atoms with Crippen molar-refractivity contribution in [3.8, 4) is 0 Å². The Bertz CT molecular complexity index is 686. The molecule has 2 heterocycles. The lowest BCUT2D eigenvalue weighted by Gasteiger charge is -2.38. The van der Waals surface area contributed by atoms with Gasteiger partial charge in [-0.3, -0.25) is 9.59 Å². The molecule has 2 fully saturated rings. The Kier molecular flexibility index (Phi) is 10.4. The predicted molar refractivity (Wildman–Crippen MR) is 140 cm³/mol. The van der Waals surface area contributed by atoms with Gasteiger partial charge in [0.15, 0.2) is 0 Å². The van der Waals surface area contributed by atoms with Crippen LogP contribution < -0.4 is 0 Å². The van der Waals surface area contributed by atoms with Gasteiger partial charge >= 0.3 is 11.9 Å². The van der Waals surface area contributed by atoms with E-state index >= 15 is 0 Å². The van der Waals surface area contributed by atoms with Crippen molar-refractivity contribution < 1.29 is 28.7 Å². The van der Waals surface area contributed by atoms with Crippen molar-refractivity contribution in [3.63, 3.8) is 0 Å². The predicted octanol–water partition coefficient (Wildman–Crippen LogP) is 5.29. The molecule has 2 saturated heterocycles. The molecule has 0 spiro atoms. The number of carbonyl (C=O) groups is 2. The minimum absolute atomic E-state index is 0.128. The quantitative estimate of drug-likeness (QED) is 0.243. The third-order valence-corrected chi connectivity index (χ3v) is 8.22. The Morgan fingerprint density at radius 1 is 0.611 bits per heavy atom. The van der Waals surface area contributed by atoms with Crippen molar-refractivity contribution in [2.45, 2.75) is 129 Å². The Hall–Kier alpha value is -1.22. The molecule has 2 unspecified atom stereocenters. The fourth-order valence-corrected chi connectivity index (χ4v) is 6.67. The van der Waals surface area contributed by atoms with Crippen molar-refractivity contribution in [2.75, 3.05) is 27.4 Å². The summed E-state index contributed by atoms with van der Waals surface area (Å²) in [6.07, 6.45) is 7.39. The monoisotopic (exact) mass is 512 g/mol. The maximum atomic E-state index is 12.7. The van der Waals surface area contributed by atoms with Gasteiger partial charge in [-0.25, -0.2) is 0 Å². The molecule has 2 rings (SSSR count). The van der Waals surface area contributed by atoms with Gasteiger partial charge in [-0.05, 0) is 81.1 Å². The molecule has 2 aliphatic rings. The molecule has 0 saturated carbocycles. The zero-order valence-corrected chi connectivity index (χ0v) is 24.6. The molecule has 0 aromatic rings. The molecule has 0 aromatic heterocycles. The summed E-state index contributed by atoms with van der Waals surface area (Å²) >= 11 is 0. The second-order valence-corrected chi connectivity index (χ2v) is 12.9.